The fourth-order valence-corrected chi connectivity index (χ4v) is 4.22. The largest absolute Gasteiger partial charge is 0.609 e. The number of piperidine rings is 1. The van der Waals surface area contributed by atoms with Crippen molar-refractivity contribution in [2.24, 2.45) is 5.92 Å². The zero-order valence-electron chi connectivity index (χ0n) is 16.0. The van der Waals surface area contributed by atoms with Crippen LogP contribution in [0.25, 0.3) is 0 Å². The van der Waals surface area contributed by atoms with E-state index in [0.29, 0.717) is 36.7 Å². The molecule has 1 aliphatic heterocycles. The van der Waals surface area contributed by atoms with Gasteiger partial charge in [-0.05, 0) is 33.6 Å². The number of nitrogens with zero attached hydrogens (tertiary/aromatic N) is 2. The van der Waals surface area contributed by atoms with Crippen LogP contribution in [-0.2, 0) is 15.9 Å². The molecular weight excluding hydrogens is 359 g/mol. The lowest BCUT2D eigenvalue weighted by atomic mass is 9.92. The Labute approximate surface area is 157 Å². The fourth-order valence-electron chi connectivity index (χ4n) is 2.88. The zero-order chi connectivity index (χ0) is 19.5. The first-order valence-electron chi connectivity index (χ1n) is 8.63. The summed E-state index contributed by atoms with van der Waals surface area (Å²) in [4.78, 5) is 18.0. The lowest BCUT2D eigenvalue weighted by molar-refractivity contribution is 0.0130. The van der Waals surface area contributed by atoms with Gasteiger partial charge in [-0.15, -0.1) is 0 Å². The van der Waals surface area contributed by atoms with Crippen LogP contribution in [0.4, 0.5) is 9.18 Å². The summed E-state index contributed by atoms with van der Waals surface area (Å²) in [5.74, 6) is -0.0268. The Kier molecular flexibility index (Phi) is 6.39. The zero-order valence-corrected chi connectivity index (χ0v) is 16.8. The molecule has 0 saturated carbocycles. The highest BCUT2D eigenvalue weighted by Gasteiger charge is 2.48. The van der Waals surface area contributed by atoms with Crippen molar-refractivity contribution in [3.05, 3.63) is 18.3 Å². The first kappa shape index (κ1) is 20.8. The van der Waals surface area contributed by atoms with Gasteiger partial charge in [0.05, 0.1) is 13.3 Å². The van der Waals surface area contributed by atoms with E-state index in [0.717, 1.165) is 0 Å². The summed E-state index contributed by atoms with van der Waals surface area (Å²) in [6.45, 7) is 7.56. The third kappa shape index (κ3) is 5.01. The Morgan fingerprint density at radius 2 is 1.92 bits per heavy atom. The molecule has 8 heteroatoms. The minimum Gasteiger partial charge on any atom is -0.609 e. The molecule has 0 N–H and O–H groups in total. The summed E-state index contributed by atoms with van der Waals surface area (Å²) in [6, 6.07) is 3.13. The monoisotopic (exact) mass is 386 g/mol. The van der Waals surface area contributed by atoms with E-state index in [1.807, 2.05) is 20.8 Å². The van der Waals surface area contributed by atoms with Crippen molar-refractivity contribution >= 4 is 17.3 Å². The van der Waals surface area contributed by atoms with Crippen LogP contribution in [0.1, 0.15) is 40.5 Å². The van der Waals surface area contributed by atoms with Gasteiger partial charge >= 0.3 is 6.09 Å². The normalized spacial score (nSPS) is 19.6. The topological polar surface area (TPSA) is 74.7 Å². The summed E-state index contributed by atoms with van der Waals surface area (Å²) in [6.07, 6.45) is 1.85. The van der Waals surface area contributed by atoms with E-state index in [4.69, 9.17) is 9.47 Å². The Bertz CT molecular complexity index is 611. The number of ether oxygens (including phenoxy) is 2. The van der Waals surface area contributed by atoms with Gasteiger partial charge in [0, 0.05) is 49.2 Å². The Morgan fingerprint density at radius 1 is 1.31 bits per heavy atom. The smallest absolute Gasteiger partial charge is 0.410 e. The van der Waals surface area contributed by atoms with Crippen LogP contribution in [0.3, 0.4) is 0 Å². The van der Waals surface area contributed by atoms with E-state index in [2.05, 4.69) is 4.98 Å². The van der Waals surface area contributed by atoms with Gasteiger partial charge in [-0.1, -0.05) is 0 Å². The molecule has 0 bridgehead atoms. The molecule has 2 unspecified atom stereocenters. The molecule has 26 heavy (non-hydrogen) atoms. The van der Waals surface area contributed by atoms with Gasteiger partial charge in [-0.2, -0.15) is 4.39 Å². The molecule has 1 aromatic heterocycles. The maximum Gasteiger partial charge on any atom is 0.410 e. The van der Waals surface area contributed by atoms with Gasteiger partial charge in [-0.25, -0.2) is 9.78 Å². The molecule has 1 amide bonds. The minimum absolute atomic E-state index is 0.324. The number of hydrogen-bond acceptors (Lipinski definition) is 5. The number of likely N-dealkylation sites (tertiary alicyclic amines) is 1. The lowest BCUT2D eigenvalue weighted by Gasteiger charge is -2.38. The standard InChI is InChI=1S/C18H27FN2O4S/c1-17(2,3)25-16(22)21-10-8-13(9-11-21)18(4,19)26(23)14-6-7-15(24-5)20-12-14/h6-7,12-13H,8-11H2,1-5H3. The van der Waals surface area contributed by atoms with E-state index in [1.165, 1.54) is 20.2 Å². The van der Waals surface area contributed by atoms with Crippen LogP contribution in [0.5, 0.6) is 5.88 Å². The highest BCUT2D eigenvalue weighted by Crippen LogP contribution is 2.39. The van der Waals surface area contributed by atoms with Gasteiger partial charge in [0.1, 0.15) is 5.60 Å². The van der Waals surface area contributed by atoms with Crippen LogP contribution in [0.2, 0.25) is 0 Å². The fraction of sp³-hybridized carbons (Fsp3) is 0.667. The van der Waals surface area contributed by atoms with Crippen LogP contribution in [0, 0.1) is 5.92 Å². The van der Waals surface area contributed by atoms with E-state index >= 15 is 4.39 Å². The van der Waals surface area contributed by atoms with Crippen molar-refractivity contribution in [1.82, 2.24) is 9.88 Å². The van der Waals surface area contributed by atoms with Crippen LogP contribution >= 0.6 is 0 Å². The molecule has 0 aliphatic carbocycles. The number of carbonyl (C=O) groups excluding carboxylic acids is 1. The van der Waals surface area contributed by atoms with E-state index < -0.39 is 33.8 Å². The van der Waals surface area contributed by atoms with Gasteiger partial charge in [0.15, 0.2) is 4.90 Å². The van der Waals surface area contributed by atoms with Gasteiger partial charge in [-0.3, -0.25) is 0 Å². The summed E-state index contributed by atoms with van der Waals surface area (Å²) < 4.78 is 38.4. The second kappa shape index (κ2) is 8.00. The molecule has 1 fully saturated rings. The number of rotatable bonds is 4. The number of alkyl halides is 1. The third-order valence-corrected chi connectivity index (χ3v) is 6.10. The number of halogens is 1. The number of amides is 1. The quantitative estimate of drug-likeness (QED) is 0.740. The average molecular weight is 386 g/mol. The molecule has 2 rings (SSSR count). The third-order valence-electron chi connectivity index (χ3n) is 4.37. The predicted molar refractivity (Wildman–Crippen MR) is 97.2 cm³/mol. The molecular formula is C18H27FN2O4S. The summed E-state index contributed by atoms with van der Waals surface area (Å²) in [7, 11) is 1.48. The van der Waals surface area contributed by atoms with Crippen molar-refractivity contribution in [2.45, 2.75) is 56.0 Å². The second-order valence-corrected chi connectivity index (χ2v) is 9.34. The molecule has 2 heterocycles. The lowest BCUT2D eigenvalue weighted by Crippen LogP contribution is -2.48. The van der Waals surface area contributed by atoms with Crippen LogP contribution in [-0.4, -0.2) is 51.3 Å². The first-order valence-corrected chi connectivity index (χ1v) is 9.78. The number of aromatic nitrogens is 1. The van der Waals surface area contributed by atoms with Crippen LogP contribution in [0.15, 0.2) is 23.2 Å². The maximum absolute atomic E-state index is 15.3. The summed E-state index contributed by atoms with van der Waals surface area (Å²) in [5, 5.41) is -1.91. The SMILES string of the molecule is COc1ccc([S+]([O-])C(C)(F)C2CCN(C(=O)OC(C)(C)C)CC2)cn1. The Hall–Kier alpha value is -1.54. The minimum atomic E-state index is -1.91. The Balaban J connectivity index is 1.98. The van der Waals surface area contributed by atoms with Crippen molar-refractivity contribution in [3.8, 4) is 5.88 Å². The molecule has 146 valence electrons. The van der Waals surface area contributed by atoms with Crippen molar-refractivity contribution < 1.29 is 23.2 Å². The van der Waals surface area contributed by atoms with Crippen molar-refractivity contribution in [1.29, 1.82) is 0 Å². The first-order chi connectivity index (χ1) is 12.0. The summed E-state index contributed by atoms with van der Waals surface area (Å²) >= 11 is -1.86. The Morgan fingerprint density at radius 3 is 2.38 bits per heavy atom. The summed E-state index contributed by atoms with van der Waals surface area (Å²) in [5.41, 5.74) is -0.564. The molecule has 1 aliphatic rings. The highest BCUT2D eigenvalue weighted by molar-refractivity contribution is 7.92. The number of hydrogen-bond donors (Lipinski definition) is 0. The number of pyridine rings is 1. The molecule has 2 atom stereocenters. The number of methoxy groups -OCH3 is 1. The van der Waals surface area contributed by atoms with Crippen molar-refractivity contribution in [3.63, 3.8) is 0 Å². The van der Waals surface area contributed by atoms with Gasteiger partial charge in [0.2, 0.25) is 5.88 Å². The number of carbonyl (C=O) groups is 1. The molecule has 0 spiro atoms. The second-order valence-electron chi connectivity index (χ2n) is 7.53. The van der Waals surface area contributed by atoms with Gasteiger partial charge in [0.25, 0.3) is 5.00 Å². The van der Waals surface area contributed by atoms with E-state index in [1.54, 1.807) is 17.0 Å². The van der Waals surface area contributed by atoms with Crippen molar-refractivity contribution in [2.75, 3.05) is 20.2 Å². The highest BCUT2D eigenvalue weighted by atomic mass is 32.2. The molecule has 0 aromatic carbocycles. The molecule has 1 aromatic rings. The average Bonchev–Trinajstić information content (AvgIpc) is 2.59. The molecule has 0 radical (unpaired) electrons. The molecule has 1 saturated heterocycles. The van der Waals surface area contributed by atoms with Crippen LogP contribution < -0.4 is 4.74 Å². The molecule has 6 nitrogen and oxygen atoms in total. The predicted octanol–water partition coefficient (Wildman–Crippen LogP) is 3.53. The van der Waals surface area contributed by atoms with E-state index in [9.17, 15) is 9.35 Å². The van der Waals surface area contributed by atoms with Gasteiger partial charge < -0.3 is 18.9 Å². The van der Waals surface area contributed by atoms with E-state index in [-0.39, 0.29) is 0 Å². The maximum atomic E-state index is 15.3.